The lowest BCUT2D eigenvalue weighted by atomic mass is 9.68. The molecule has 1 nitrogen and oxygen atoms in total. The third-order valence-electron chi connectivity index (χ3n) is 7.61. The Kier molecular flexibility index (Phi) is 6.59. The summed E-state index contributed by atoms with van der Waals surface area (Å²) < 4.78 is 63.1. The Morgan fingerprint density at radius 3 is 1.74 bits per heavy atom. The molecule has 2 saturated carbocycles. The minimum atomic E-state index is -1.24. The molecule has 0 saturated heterocycles. The van der Waals surface area contributed by atoms with E-state index in [4.69, 9.17) is 4.74 Å². The van der Waals surface area contributed by atoms with Gasteiger partial charge in [0.15, 0.2) is 23.2 Å². The second-order valence-electron chi connectivity index (χ2n) is 9.41. The molecule has 2 fully saturated rings. The predicted octanol–water partition coefficient (Wildman–Crippen LogP) is 8.02. The van der Waals surface area contributed by atoms with Gasteiger partial charge < -0.3 is 4.74 Å². The molecule has 0 atom stereocenters. The maximum atomic E-state index is 15.0. The molecule has 4 rings (SSSR count). The van der Waals surface area contributed by atoms with Crippen LogP contribution >= 0.6 is 0 Å². The van der Waals surface area contributed by atoms with Crippen molar-refractivity contribution in [1.29, 1.82) is 0 Å². The molecule has 2 aromatic rings. The first kappa shape index (κ1) is 22.2. The summed E-state index contributed by atoms with van der Waals surface area (Å²) in [5, 5.41) is 0. The smallest absolute Gasteiger partial charge is 0.201 e. The molecule has 2 aliphatic carbocycles. The molecule has 0 unspecified atom stereocenters. The first-order valence-corrected chi connectivity index (χ1v) is 11.4. The van der Waals surface area contributed by atoms with E-state index in [2.05, 4.69) is 6.92 Å². The Hall–Kier alpha value is -2.04. The molecule has 0 bridgehead atoms. The maximum Gasteiger partial charge on any atom is 0.201 e. The van der Waals surface area contributed by atoms with Crippen molar-refractivity contribution in [2.45, 2.75) is 64.2 Å². The second-order valence-corrected chi connectivity index (χ2v) is 9.41. The highest BCUT2D eigenvalue weighted by atomic mass is 19.2. The summed E-state index contributed by atoms with van der Waals surface area (Å²) in [6.45, 7) is 2.32. The van der Waals surface area contributed by atoms with Gasteiger partial charge in [0, 0.05) is 11.1 Å². The Bertz CT molecular complexity index is 925. The molecule has 5 heteroatoms. The van der Waals surface area contributed by atoms with Gasteiger partial charge in [-0.25, -0.2) is 13.2 Å². The van der Waals surface area contributed by atoms with Crippen molar-refractivity contribution in [3.8, 4) is 16.9 Å². The van der Waals surface area contributed by atoms with Crippen LogP contribution in [0, 0.1) is 41.0 Å². The van der Waals surface area contributed by atoms with Crippen LogP contribution in [0.15, 0.2) is 24.3 Å². The molecule has 0 aromatic heterocycles. The number of halogens is 4. The number of ether oxygens (including phenoxy) is 1. The largest absolute Gasteiger partial charge is 0.494 e. The monoisotopic (exact) mass is 434 g/mol. The van der Waals surface area contributed by atoms with E-state index in [1.807, 2.05) is 0 Å². The molecule has 0 radical (unpaired) electrons. The van der Waals surface area contributed by atoms with E-state index in [1.54, 1.807) is 6.07 Å². The van der Waals surface area contributed by atoms with Gasteiger partial charge in [-0.05, 0) is 79.9 Å². The molecule has 0 heterocycles. The third-order valence-corrected chi connectivity index (χ3v) is 7.61. The summed E-state index contributed by atoms with van der Waals surface area (Å²) in [5.41, 5.74) is -0.229. The van der Waals surface area contributed by atoms with Crippen LogP contribution in [-0.4, -0.2) is 7.11 Å². The summed E-state index contributed by atoms with van der Waals surface area (Å²) in [6.07, 6.45) is 8.96. The van der Waals surface area contributed by atoms with Crippen LogP contribution in [-0.2, 0) is 0 Å². The van der Waals surface area contributed by atoms with E-state index in [9.17, 15) is 17.6 Å². The summed E-state index contributed by atoms with van der Waals surface area (Å²) in [4.78, 5) is 0. The Morgan fingerprint density at radius 1 is 0.645 bits per heavy atom. The van der Waals surface area contributed by atoms with Gasteiger partial charge in [-0.15, -0.1) is 0 Å². The van der Waals surface area contributed by atoms with Crippen molar-refractivity contribution in [1.82, 2.24) is 0 Å². The van der Waals surface area contributed by atoms with E-state index in [0.29, 0.717) is 11.5 Å². The lowest BCUT2D eigenvalue weighted by Gasteiger charge is -2.37. The van der Waals surface area contributed by atoms with Crippen LogP contribution in [0.25, 0.3) is 11.1 Å². The van der Waals surface area contributed by atoms with E-state index < -0.39 is 23.3 Å². The van der Waals surface area contributed by atoms with Crippen molar-refractivity contribution < 1.29 is 22.3 Å². The van der Waals surface area contributed by atoms with Gasteiger partial charge in [0.25, 0.3) is 0 Å². The molecule has 0 aliphatic heterocycles. The zero-order valence-electron chi connectivity index (χ0n) is 18.2. The molecule has 0 amide bonds. The van der Waals surface area contributed by atoms with Gasteiger partial charge in [0.05, 0.1) is 7.11 Å². The van der Waals surface area contributed by atoms with Crippen LogP contribution < -0.4 is 4.74 Å². The topological polar surface area (TPSA) is 9.23 Å². The number of methoxy groups -OCH3 is 1. The fraction of sp³-hybridized carbons (Fsp3) is 0.538. The van der Waals surface area contributed by atoms with Crippen LogP contribution in [0.2, 0.25) is 0 Å². The fourth-order valence-corrected chi connectivity index (χ4v) is 5.64. The van der Waals surface area contributed by atoms with E-state index in [1.165, 1.54) is 51.0 Å². The van der Waals surface area contributed by atoms with Gasteiger partial charge in [-0.2, -0.15) is 4.39 Å². The van der Waals surface area contributed by atoms with Crippen molar-refractivity contribution in [3.63, 3.8) is 0 Å². The second kappa shape index (κ2) is 9.22. The van der Waals surface area contributed by atoms with Crippen LogP contribution in [0.4, 0.5) is 17.6 Å². The first-order valence-electron chi connectivity index (χ1n) is 11.4. The predicted molar refractivity (Wildman–Crippen MR) is 114 cm³/mol. The number of hydrogen-bond donors (Lipinski definition) is 0. The quantitative estimate of drug-likeness (QED) is 0.443. The molecular formula is C26H30F4O. The molecular weight excluding hydrogens is 404 g/mol. The van der Waals surface area contributed by atoms with Crippen LogP contribution in [0.3, 0.4) is 0 Å². The highest BCUT2D eigenvalue weighted by Crippen LogP contribution is 2.45. The highest BCUT2D eigenvalue weighted by molar-refractivity contribution is 5.66. The lowest BCUT2D eigenvalue weighted by Crippen LogP contribution is -2.25. The average Bonchev–Trinajstić information content (AvgIpc) is 2.79. The zero-order chi connectivity index (χ0) is 22.1. The van der Waals surface area contributed by atoms with Crippen molar-refractivity contribution in [2.24, 2.45) is 17.8 Å². The lowest BCUT2D eigenvalue weighted by molar-refractivity contribution is 0.164. The third kappa shape index (κ3) is 4.33. The summed E-state index contributed by atoms with van der Waals surface area (Å²) >= 11 is 0. The van der Waals surface area contributed by atoms with Gasteiger partial charge in [-0.3, -0.25) is 0 Å². The van der Waals surface area contributed by atoms with Crippen LogP contribution in [0.1, 0.15) is 69.8 Å². The van der Waals surface area contributed by atoms with Crippen molar-refractivity contribution in [3.05, 3.63) is 53.1 Å². The summed E-state index contributed by atoms with van der Waals surface area (Å²) in [7, 11) is 1.22. The SMILES string of the molecule is COc1ccc(-c2ccc(C3CCC(C4CCC(C)CC4)CC3)c(F)c2F)c(F)c1F. The maximum absolute atomic E-state index is 15.0. The molecule has 168 valence electrons. The normalized spacial score (nSPS) is 26.6. The zero-order valence-corrected chi connectivity index (χ0v) is 18.2. The number of hydrogen-bond acceptors (Lipinski definition) is 1. The minimum absolute atomic E-state index is 0.0280. The van der Waals surface area contributed by atoms with Crippen LogP contribution in [0.5, 0.6) is 5.75 Å². The summed E-state index contributed by atoms with van der Waals surface area (Å²) in [5.74, 6) is -2.53. The molecule has 31 heavy (non-hydrogen) atoms. The molecule has 2 aromatic carbocycles. The van der Waals surface area contributed by atoms with Gasteiger partial charge in [0.2, 0.25) is 5.82 Å². The van der Waals surface area contributed by atoms with Crippen molar-refractivity contribution >= 4 is 0 Å². The summed E-state index contributed by atoms with van der Waals surface area (Å²) in [6, 6.07) is 5.34. The highest BCUT2D eigenvalue weighted by Gasteiger charge is 2.32. The van der Waals surface area contributed by atoms with E-state index in [-0.39, 0.29) is 22.8 Å². The first-order chi connectivity index (χ1) is 14.9. The Labute approximate surface area is 181 Å². The van der Waals surface area contributed by atoms with E-state index >= 15 is 0 Å². The molecule has 0 spiro atoms. The molecule has 2 aliphatic rings. The minimum Gasteiger partial charge on any atom is -0.494 e. The van der Waals surface area contributed by atoms with E-state index in [0.717, 1.165) is 37.5 Å². The number of benzene rings is 2. The Morgan fingerprint density at radius 2 is 1.16 bits per heavy atom. The Balaban J connectivity index is 1.50. The average molecular weight is 435 g/mol. The number of rotatable bonds is 4. The van der Waals surface area contributed by atoms with Gasteiger partial charge >= 0.3 is 0 Å². The molecule has 0 N–H and O–H groups in total. The van der Waals surface area contributed by atoms with Gasteiger partial charge in [-0.1, -0.05) is 31.9 Å². The standard InChI is InChI=1S/C26H30F4O/c1-15-3-5-16(6-4-15)17-7-9-18(10-8-17)19-11-12-20(24(28)23(19)27)21-13-14-22(31-2)26(30)25(21)29/h11-18H,3-10H2,1-2H3. The fourth-order valence-electron chi connectivity index (χ4n) is 5.64. The van der Waals surface area contributed by atoms with Gasteiger partial charge in [0.1, 0.15) is 0 Å². The van der Waals surface area contributed by atoms with Crippen molar-refractivity contribution in [2.75, 3.05) is 7.11 Å².